The van der Waals surface area contributed by atoms with Crippen molar-refractivity contribution in [3.63, 3.8) is 0 Å². The van der Waals surface area contributed by atoms with Gasteiger partial charge in [-0.2, -0.15) is 0 Å². The van der Waals surface area contributed by atoms with Gasteiger partial charge in [-0.25, -0.2) is 5.32 Å². The fourth-order valence-electron chi connectivity index (χ4n) is 2.21. The topological polar surface area (TPSA) is 34.4 Å². The standard InChI is InChI=1S/C10H17N2O/c13-10-4-2-6-12(10)8-9-3-1-5-11-7-9/h9H,1-8H2/t9-/m0/s1. The van der Waals surface area contributed by atoms with Crippen molar-refractivity contribution < 1.29 is 4.79 Å². The molecule has 1 amide bonds. The highest BCUT2D eigenvalue weighted by atomic mass is 16.2. The van der Waals surface area contributed by atoms with Gasteiger partial charge in [0, 0.05) is 32.6 Å². The van der Waals surface area contributed by atoms with Gasteiger partial charge in [0.05, 0.1) is 0 Å². The molecule has 13 heavy (non-hydrogen) atoms. The van der Waals surface area contributed by atoms with E-state index in [4.69, 9.17) is 0 Å². The van der Waals surface area contributed by atoms with E-state index in [2.05, 4.69) is 5.32 Å². The second kappa shape index (κ2) is 4.09. The summed E-state index contributed by atoms with van der Waals surface area (Å²) < 4.78 is 0. The maximum Gasteiger partial charge on any atom is 0.222 e. The molecule has 0 spiro atoms. The number of rotatable bonds is 2. The normalized spacial score (nSPS) is 29.7. The molecule has 73 valence electrons. The van der Waals surface area contributed by atoms with Gasteiger partial charge in [0.2, 0.25) is 5.91 Å². The minimum Gasteiger partial charge on any atom is -0.342 e. The summed E-state index contributed by atoms with van der Waals surface area (Å²) in [5.74, 6) is 1.00. The molecule has 0 aromatic carbocycles. The number of piperidine rings is 1. The number of nitrogens with zero attached hydrogens (tertiary/aromatic N) is 2. The molecule has 3 heteroatoms. The Morgan fingerprint density at radius 3 is 3.00 bits per heavy atom. The lowest BCUT2D eigenvalue weighted by Gasteiger charge is -2.26. The SMILES string of the molecule is O=C1CCCN1C[C@H]1CCC[N]C1. The van der Waals surface area contributed by atoms with E-state index in [1.807, 2.05) is 4.90 Å². The summed E-state index contributed by atoms with van der Waals surface area (Å²) in [4.78, 5) is 13.4. The van der Waals surface area contributed by atoms with Crippen molar-refractivity contribution in [3.05, 3.63) is 0 Å². The van der Waals surface area contributed by atoms with Crippen molar-refractivity contribution in [2.24, 2.45) is 5.92 Å². The number of carbonyl (C=O) groups is 1. The van der Waals surface area contributed by atoms with Crippen LogP contribution < -0.4 is 5.32 Å². The third-order valence-corrected chi connectivity index (χ3v) is 2.97. The number of hydrogen-bond donors (Lipinski definition) is 0. The van der Waals surface area contributed by atoms with Crippen LogP contribution in [0.5, 0.6) is 0 Å². The molecule has 0 N–H and O–H groups in total. The average Bonchev–Trinajstić information content (AvgIpc) is 2.54. The molecular formula is C10H17N2O. The van der Waals surface area contributed by atoms with E-state index in [9.17, 15) is 4.79 Å². The Kier molecular flexibility index (Phi) is 2.83. The Morgan fingerprint density at radius 1 is 1.46 bits per heavy atom. The fraction of sp³-hybridized carbons (Fsp3) is 0.900. The van der Waals surface area contributed by atoms with Gasteiger partial charge < -0.3 is 4.90 Å². The highest BCUT2D eigenvalue weighted by Gasteiger charge is 2.24. The predicted octanol–water partition coefficient (Wildman–Crippen LogP) is 0.623. The number of hydrogen-bond acceptors (Lipinski definition) is 1. The molecule has 0 aliphatic carbocycles. The van der Waals surface area contributed by atoms with Crippen LogP contribution in [0.1, 0.15) is 25.7 Å². The first kappa shape index (κ1) is 9.00. The quantitative estimate of drug-likeness (QED) is 0.615. The van der Waals surface area contributed by atoms with Crippen LogP contribution in [0, 0.1) is 5.92 Å². The number of carbonyl (C=O) groups excluding carboxylic acids is 1. The number of likely N-dealkylation sites (tertiary alicyclic amines) is 1. The van der Waals surface area contributed by atoms with Gasteiger partial charge in [-0.05, 0) is 25.2 Å². The lowest BCUT2D eigenvalue weighted by Crippen LogP contribution is -2.36. The molecule has 2 aliphatic heterocycles. The lowest BCUT2D eigenvalue weighted by molar-refractivity contribution is -0.128. The third-order valence-electron chi connectivity index (χ3n) is 2.97. The van der Waals surface area contributed by atoms with Gasteiger partial charge in [0.25, 0.3) is 0 Å². The first-order valence-corrected chi connectivity index (χ1v) is 5.27. The zero-order valence-corrected chi connectivity index (χ0v) is 8.04. The second-order valence-corrected chi connectivity index (χ2v) is 4.08. The smallest absolute Gasteiger partial charge is 0.222 e. The summed E-state index contributed by atoms with van der Waals surface area (Å²) in [5, 5.41) is 4.39. The van der Waals surface area contributed by atoms with Crippen LogP contribution in [0.3, 0.4) is 0 Å². The Morgan fingerprint density at radius 2 is 2.38 bits per heavy atom. The molecule has 0 unspecified atom stereocenters. The van der Waals surface area contributed by atoms with Crippen LogP contribution in [0.4, 0.5) is 0 Å². The van der Waals surface area contributed by atoms with Gasteiger partial charge in [-0.1, -0.05) is 0 Å². The van der Waals surface area contributed by atoms with Crippen molar-refractivity contribution in [2.45, 2.75) is 25.7 Å². The molecule has 1 atom stereocenters. The van der Waals surface area contributed by atoms with Gasteiger partial charge in [-0.3, -0.25) is 4.79 Å². The van der Waals surface area contributed by atoms with E-state index in [1.54, 1.807) is 0 Å². The summed E-state index contributed by atoms with van der Waals surface area (Å²) in [5.41, 5.74) is 0. The fourth-order valence-corrected chi connectivity index (χ4v) is 2.21. The molecule has 2 aliphatic rings. The zero-order valence-electron chi connectivity index (χ0n) is 8.04. The van der Waals surface area contributed by atoms with E-state index >= 15 is 0 Å². The van der Waals surface area contributed by atoms with Crippen molar-refractivity contribution in [2.75, 3.05) is 26.2 Å². The highest BCUT2D eigenvalue weighted by Crippen LogP contribution is 2.16. The average molecular weight is 181 g/mol. The van der Waals surface area contributed by atoms with Crippen molar-refractivity contribution in [1.29, 1.82) is 0 Å². The Balaban J connectivity index is 1.79. The Labute approximate surface area is 79.5 Å². The molecule has 0 bridgehead atoms. The summed E-state index contributed by atoms with van der Waals surface area (Å²) in [6.45, 7) is 3.95. The van der Waals surface area contributed by atoms with Crippen LogP contribution >= 0.6 is 0 Å². The Hall–Kier alpha value is -0.570. The molecule has 0 aromatic rings. The second-order valence-electron chi connectivity index (χ2n) is 4.08. The highest BCUT2D eigenvalue weighted by molar-refractivity contribution is 5.78. The maximum atomic E-state index is 11.3. The van der Waals surface area contributed by atoms with Crippen LogP contribution in [-0.2, 0) is 4.79 Å². The molecule has 2 heterocycles. The summed E-state index contributed by atoms with van der Waals surface area (Å²) in [6.07, 6.45) is 4.30. The molecule has 2 rings (SSSR count). The van der Waals surface area contributed by atoms with Crippen molar-refractivity contribution in [1.82, 2.24) is 10.2 Å². The molecule has 0 saturated carbocycles. The maximum absolute atomic E-state index is 11.3. The van der Waals surface area contributed by atoms with Crippen LogP contribution in [-0.4, -0.2) is 37.0 Å². The summed E-state index contributed by atoms with van der Waals surface area (Å²) in [6, 6.07) is 0. The molecule has 0 aromatic heterocycles. The van der Waals surface area contributed by atoms with Crippen molar-refractivity contribution in [3.8, 4) is 0 Å². The predicted molar refractivity (Wildman–Crippen MR) is 50.4 cm³/mol. The molecule has 2 fully saturated rings. The van der Waals surface area contributed by atoms with Gasteiger partial charge in [-0.15, -0.1) is 0 Å². The van der Waals surface area contributed by atoms with Crippen molar-refractivity contribution >= 4 is 5.91 Å². The van der Waals surface area contributed by atoms with Gasteiger partial charge >= 0.3 is 0 Å². The van der Waals surface area contributed by atoms with E-state index in [0.29, 0.717) is 11.8 Å². The minimum absolute atomic E-state index is 0.352. The molecule has 1 radical (unpaired) electrons. The molecule has 3 nitrogen and oxygen atoms in total. The first-order valence-electron chi connectivity index (χ1n) is 5.27. The summed E-state index contributed by atoms with van der Waals surface area (Å²) in [7, 11) is 0. The van der Waals surface area contributed by atoms with Crippen LogP contribution in [0.25, 0.3) is 0 Å². The molecule has 2 saturated heterocycles. The monoisotopic (exact) mass is 181 g/mol. The largest absolute Gasteiger partial charge is 0.342 e. The lowest BCUT2D eigenvalue weighted by atomic mass is 9.99. The van der Waals surface area contributed by atoms with E-state index in [-0.39, 0.29) is 0 Å². The number of amides is 1. The minimum atomic E-state index is 0.352. The van der Waals surface area contributed by atoms with Crippen LogP contribution in [0.15, 0.2) is 0 Å². The first-order chi connectivity index (χ1) is 6.36. The van der Waals surface area contributed by atoms with Gasteiger partial charge in [0.1, 0.15) is 0 Å². The van der Waals surface area contributed by atoms with E-state index in [0.717, 1.165) is 39.0 Å². The zero-order chi connectivity index (χ0) is 9.10. The van der Waals surface area contributed by atoms with Crippen LogP contribution in [0.2, 0.25) is 0 Å². The van der Waals surface area contributed by atoms with E-state index < -0.39 is 0 Å². The van der Waals surface area contributed by atoms with Gasteiger partial charge in [0.15, 0.2) is 0 Å². The molecular weight excluding hydrogens is 164 g/mol. The third kappa shape index (κ3) is 2.21. The van der Waals surface area contributed by atoms with E-state index in [1.165, 1.54) is 12.8 Å². The summed E-state index contributed by atoms with van der Waals surface area (Å²) >= 11 is 0. The Bertz CT molecular complexity index is 187.